The van der Waals surface area contributed by atoms with Gasteiger partial charge in [-0.3, -0.25) is 0 Å². The van der Waals surface area contributed by atoms with Gasteiger partial charge in [0.2, 0.25) is 0 Å². The Morgan fingerprint density at radius 1 is 0.667 bits per heavy atom. The third kappa shape index (κ3) is 2.63. The van der Waals surface area contributed by atoms with Crippen LogP contribution in [0.15, 0.2) is 57.4 Å². The molecule has 4 heteroatoms. The van der Waals surface area contributed by atoms with Crippen LogP contribution >= 0.6 is 0 Å². The highest BCUT2D eigenvalue weighted by molar-refractivity contribution is 5.88. The van der Waals surface area contributed by atoms with Crippen molar-refractivity contribution in [2.75, 3.05) is 0 Å². The van der Waals surface area contributed by atoms with Crippen molar-refractivity contribution in [1.82, 2.24) is 0 Å². The molecule has 0 atom stereocenters. The quantitative estimate of drug-likeness (QED) is 0.511. The summed E-state index contributed by atoms with van der Waals surface area (Å²) < 4.78 is 11.7. The van der Waals surface area contributed by atoms with Crippen molar-refractivity contribution < 1.29 is 8.83 Å². The molecule has 0 saturated carbocycles. The van der Waals surface area contributed by atoms with E-state index in [-0.39, 0.29) is 0 Å². The molecular formula is C20H16N2O2. The van der Waals surface area contributed by atoms with Gasteiger partial charge in [-0.25, -0.2) is 0 Å². The zero-order valence-electron chi connectivity index (χ0n) is 13.0. The van der Waals surface area contributed by atoms with Crippen LogP contribution in [0.3, 0.4) is 0 Å². The van der Waals surface area contributed by atoms with Gasteiger partial charge in [-0.15, -0.1) is 0 Å². The lowest BCUT2D eigenvalue weighted by atomic mass is 10.1. The molecule has 0 aliphatic carbocycles. The number of fused-ring (bicyclic) bond motifs is 2. The van der Waals surface area contributed by atoms with Crippen molar-refractivity contribution in [3.05, 3.63) is 71.2 Å². The van der Waals surface area contributed by atoms with Crippen LogP contribution in [0.5, 0.6) is 0 Å². The Bertz CT molecular complexity index is 970. The van der Waals surface area contributed by atoms with Gasteiger partial charge in [0, 0.05) is 36.0 Å². The molecule has 2 aromatic carbocycles. The van der Waals surface area contributed by atoms with Crippen LogP contribution in [0.4, 0.5) is 0 Å². The molecule has 2 aromatic heterocycles. The van der Waals surface area contributed by atoms with Crippen molar-refractivity contribution in [2.45, 2.75) is 12.8 Å². The van der Waals surface area contributed by atoms with Crippen LogP contribution in [0, 0.1) is 10.8 Å². The highest BCUT2D eigenvalue weighted by Gasteiger charge is 2.08. The second-order valence-corrected chi connectivity index (χ2v) is 5.81. The van der Waals surface area contributed by atoms with Gasteiger partial charge in [0.15, 0.2) is 0 Å². The van der Waals surface area contributed by atoms with E-state index < -0.39 is 0 Å². The van der Waals surface area contributed by atoms with Crippen molar-refractivity contribution in [3.8, 4) is 0 Å². The van der Waals surface area contributed by atoms with E-state index in [1.807, 2.05) is 48.5 Å². The van der Waals surface area contributed by atoms with Crippen molar-refractivity contribution >= 4 is 34.4 Å². The van der Waals surface area contributed by atoms with E-state index in [1.165, 1.54) is 12.4 Å². The summed E-state index contributed by atoms with van der Waals surface area (Å²) in [6.45, 7) is 0. The van der Waals surface area contributed by atoms with Crippen LogP contribution in [0.1, 0.15) is 22.6 Å². The second-order valence-electron chi connectivity index (χ2n) is 5.81. The highest BCUT2D eigenvalue weighted by Crippen LogP contribution is 2.24. The summed E-state index contributed by atoms with van der Waals surface area (Å²) in [5, 5.41) is 16.7. The van der Waals surface area contributed by atoms with E-state index in [9.17, 15) is 0 Å². The smallest absolute Gasteiger partial charge is 0.134 e. The van der Waals surface area contributed by atoms with E-state index in [0.29, 0.717) is 0 Å². The summed E-state index contributed by atoms with van der Waals surface area (Å²) in [5.74, 6) is 1.82. The average Bonchev–Trinajstić information content (AvgIpc) is 3.21. The Kier molecular flexibility index (Phi) is 3.50. The summed E-state index contributed by atoms with van der Waals surface area (Å²) in [6.07, 6.45) is 4.17. The molecule has 0 fully saturated rings. The molecule has 0 radical (unpaired) electrons. The SMILES string of the molecule is N=Cc1ccc2oc(CCc3cc4ccc(C=N)cc4o3)cc2c1. The highest BCUT2D eigenvalue weighted by atomic mass is 16.3. The number of furan rings is 2. The first-order valence-electron chi connectivity index (χ1n) is 7.81. The molecule has 0 saturated heterocycles. The minimum absolute atomic E-state index is 0.756. The molecule has 4 nitrogen and oxygen atoms in total. The van der Waals surface area contributed by atoms with Crippen LogP contribution in [-0.2, 0) is 12.8 Å². The Morgan fingerprint density at radius 2 is 1.29 bits per heavy atom. The first-order valence-corrected chi connectivity index (χ1v) is 7.81. The predicted molar refractivity (Wildman–Crippen MR) is 95.6 cm³/mol. The molecule has 4 rings (SSSR count). The van der Waals surface area contributed by atoms with Crippen LogP contribution in [-0.4, -0.2) is 12.4 Å². The minimum Gasteiger partial charge on any atom is -0.461 e. The third-order valence-electron chi connectivity index (χ3n) is 4.14. The van der Waals surface area contributed by atoms with Gasteiger partial charge in [0.1, 0.15) is 22.7 Å². The maximum atomic E-state index is 7.32. The molecular weight excluding hydrogens is 300 g/mol. The predicted octanol–water partition coefficient (Wildman–Crippen LogP) is 4.96. The Morgan fingerprint density at radius 3 is 2.04 bits per heavy atom. The molecule has 2 heterocycles. The van der Waals surface area contributed by atoms with E-state index in [0.717, 1.165) is 57.4 Å². The van der Waals surface area contributed by atoms with E-state index in [1.54, 1.807) is 0 Å². The number of nitrogens with one attached hydrogen (secondary N) is 2. The normalized spacial score (nSPS) is 11.2. The number of rotatable bonds is 5. The third-order valence-corrected chi connectivity index (χ3v) is 4.14. The first-order chi connectivity index (χ1) is 11.7. The lowest BCUT2D eigenvalue weighted by Crippen LogP contribution is -1.86. The fraction of sp³-hybridized carbons (Fsp3) is 0.100. The van der Waals surface area contributed by atoms with Crippen LogP contribution in [0.25, 0.3) is 21.9 Å². The Hall–Kier alpha value is -3.14. The summed E-state index contributed by atoms with van der Waals surface area (Å²) in [5.41, 5.74) is 3.36. The zero-order valence-corrected chi connectivity index (χ0v) is 13.0. The lowest BCUT2D eigenvalue weighted by Gasteiger charge is -1.94. The van der Waals surface area contributed by atoms with Gasteiger partial charge in [0.05, 0.1) is 0 Å². The van der Waals surface area contributed by atoms with Gasteiger partial charge < -0.3 is 19.7 Å². The summed E-state index contributed by atoms with van der Waals surface area (Å²) in [7, 11) is 0. The molecule has 0 aliphatic heterocycles. The molecule has 118 valence electrons. The molecule has 24 heavy (non-hydrogen) atoms. The molecule has 0 spiro atoms. The number of benzene rings is 2. The monoisotopic (exact) mass is 316 g/mol. The van der Waals surface area contributed by atoms with Crippen LogP contribution < -0.4 is 0 Å². The summed E-state index contributed by atoms with van der Waals surface area (Å²) in [4.78, 5) is 0. The van der Waals surface area contributed by atoms with Gasteiger partial charge in [-0.05, 0) is 47.5 Å². The van der Waals surface area contributed by atoms with Gasteiger partial charge in [-0.2, -0.15) is 0 Å². The number of aryl methyl sites for hydroxylation is 2. The van der Waals surface area contributed by atoms with Crippen molar-refractivity contribution in [1.29, 1.82) is 10.8 Å². The molecule has 0 aliphatic rings. The Labute approximate surface area is 138 Å². The maximum absolute atomic E-state index is 7.32. The number of hydrogen-bond donors (Lipinski definition) is 2. The van der Waals surface area contributed by atoms with Crippen molar-refractivity contribution in [3.63, 3.8) is 0 Å². The summed E-state index contributed by atoms with van der Waals surface area (Å²) in [6, 6.07) is 15.6. The van der Waals surface area contributed by atoms with Gasteiger partial charge in [0.25, 0.3) is 0 Å². The zero-order chi connectivity index (χ0) is 16.5. The first kappa shape index (κ1) is 14.5. The number of hydrogen-bond acceptors (Lipinski definition) is 4. The largest absolute Gasteiger partial charge is 0.461 e. The van der Waals surface area contributed by atoms with Gasteiger partial charge in [-0.1, -0.05) is 12.1 Å². The molecule has 0 amide bonds. The maximum Gasteiger partial charge on any atom is 0.134 e. The topological polar surface area (TPSA) is 74.0 Å². The fourth-order valence-electron chi connectivity index (χ4n) is 2.89. The molecule has 4 aromatic rings. The van der Waals surface area contributed by atoms with Gasteiger partial charge >= 0.3 is 0 Å². The van der Waals surface area contributed by atoms with E-state index in [4.69, 9.17) is 19.7 Å². The molecule has 0 bridgehead atoms. The van der Waals surface area contributed by atoms with Crippen molar-refractivity contribution in [2.24, 2.45) is 0 Å². The second kappa shape index (κ2) is 5.81. The average molecular weight is 316 g/mol. The molecule has 0 unspecified atom stereocenters. The molecule has 2 N–H and O–H groups in total. The van der Waals surface area contributed by atoms with Crippen LogP contribution in [0.2, 0.25) is 0 Å². The van der Waals surface area contributed by atoms with E-state index >= 15 is 0 Å². The lowest BCUT2D eigenvalue weighted by molar-refractivity contribution is 0.510. The van der Waals surface area contributed by atoms with E-state index in [2.05, 4.69) is 0 Å². The fourth-order valence-corrected chi connectivity index (χ4v) is 2.89. The summed E-state index contributed by atoms with van der Waals surface area (Å²) >= 11 is 0. The standard InChI is InChI=1S/C20H16N2O2/c21-11-13-2-6-19-16(7-13)10-18(23-19)5-4-17-9-15-3-1-14(12-22)8-20(15)24-17/h1-3,6-12,21-22H,4-5H2. The minimum atomic E-state index is 0.756. The Balaban J connectivity index is 1.55.